The zero-order chi connectivity index (χ0) is 11.0. The zero-order valence-corrected chi connectivity index (χ0v) is 7.68. The molecule has 2 heterocycles. The number of allylic oxidation sites excluding steroid dienone is 2. The Balaban J connectivity index is 2.26. The van der Waals surface area contributed by atoms with Crippen molar-refractivity contribution in [3.63, 3.8) is 0 Å². The predicted molar refractivity (Wildman–Crippen MR) is 48.3 cm³/mol. The molecular formula is C9H10F2N2O2. The highest BCUT2D eigenvalue weighted by atomic mass is 19.3. The highest BCUT2D eigenvalue weighted by Crippen LogP contribution is 2.25. The van der Waals surface area contributed by atoms with Crippen LogP contribution in [-0.2, 0) is 4.79 Å². The van der Waals surface area contributed by atoms with Crippen LogP contribution in [0.4, 0.5) is 8.78 Å². The monoisotopic (exact) mass is 216 g/mol. The highest BCUT2D eigenvalue weighted by molar-refractivity contribution is 5.75. The largest absolute Gasteiger partial charge is 0.480 e. The average Bonchev–Trinajstić information content (AvgIpc) is 2.56. The van der Waals surface area contributed by atoms with Gasteiger partial charge in [0.05, 0.1) is 6.17 Å². The molecule has 3 atom stereocenters. The van der Waals surface area contributed by atoms with Gasteiger partial charge in [-0.3, -0.25) is 5.32 Å². The Bertz CT molecular complexity index is 330. The van der Waals surface area contributed by atoms with E-state index in [0.29, 0.717) is 0 Å². The third-order valence-electron chi connectivity index (χ3n) is 2.53. The molecule has 0 aromatic heterocycles. The molecule has 0 bridgehead atoms. The smallest absolute Gasteiger partial charge is 0.328 e. The summed E-state index contributed by atoms with van der Waals surface area (Å²) in [6.45, 7) is 0. The van der Waals surface area contributed by atoms with Gasteiger partial charge in [-0.25, -0.2) is 13.6 Å². The lowest BCUT2D eigenvalue weighted by Crippen LogP contribution is -2.45. The number of rotatable bonds is 2. The molecule has 4 nitrogen and oxygen atoms in total. The van der Waals surface area contributed by atoms with E-state index in [1.807, 2.05) is 0 Å². The van der Waals surface area contributed by atoms with Gasteiger partial charge in [-0.05, 0) is 12.2 Å². The van der Waals surface area contributed by atoms with Crippen molar-refractivity contribution >= 4 is 5.97 Å². The van der Waals surface area contributed by atoms with Crippen molar-refractivity contribution in [3.05, 3.63) is 24.4 Å². The highest BCUT2D eigenvalue weighted by Gasteiger charge is 2.47. The quantitative estimate of drug-likeness (QED) is 0.701. The average molecular weight is 216 g/mol. The molecule has 1 fully saturated rings. The van der Waals surface area contributed by atoms with Crippen LogP contribution >= 0.6 is 0 Å². The summed E-state index contributed by atoms with van der Waals surface area (Å²) in [6, 6.07) is -2.55. The van der Waals surface area contributed by atoms with Crippen molar-refractivity contribution in [2.75, 3.05) is 0 Å². The van der Waals surface area contributed by atoms with Gasteiger partial charge < -0.3 is 10.0 Å². The van der Waals surface area contributed by atoms with E-state index in [0.717, 1.165) is 0 Å². The summed E-state index contributed by atoms with van der Waals surface area (Å²) < 4.78 is 25.2. The molecule has 2 rings (SSSR count). The Labute approximate surface area is 84.9 Å². The van der Waals surface area contributed by atoms with Crippen LogP contribution in [0.15, 0.2) is 24.4 Å². The van der Waals surface area contributed by atoms with E-state index in [-0.39, 0.29) is 0 Å². The molecule has 0 spiro atoms. The third-order valence-corrected chi connectivity index (χ3v) is 2.53. The molecule has 0 radical (unpaired) electrons. The minimum Gasteiger partial charge on any atom is -0.480 e. The Morgan fingerprint density at radius 3 is 2.80 bits per heavy atom. The van der Waals surface area contributed by atoms with Crippen LogP contribution < -0.4 is 5.32 Å². The van der Waals surface area contributed by atoms with Crippen LogP contribution in [0.3, 0.4) is 0 Å². The fourth-order valence-corrected chi connectivity index (χ4v) is 1.88. The van der Waals surface area contributed by atoms with E-state index < -0.39 is 30.6 Å². The lowest BCUT2D eigenvalue weighted by molar-refractivity contribution is -0.143. The third kappa shape index (κ3) is 1.61. The second-order valence-electron chi connectivity index (χ2n) is 3.43. The molecule has 82 valence electrons. The van der Waals surface area contributed by atoms with E-state index in [2.05, 4.69) is 5.32 Å². The molecule has 3 unspecified atom stereocenters. The lowest BCUT2D eigenvalue weighted by Gasteiger charge is -2.25. The minimum absolute atomic E-state index is 0.449. The standard InChI is InChI=1S/C9H10F2N2O2/c10-8(11)6-7(9(14)15)13-4-2-1-3-5(13)12-6/h1-8,12H,(H,14,15). The molecule has 2 aliphatic rings. The Hall–Kier alpha value is -1.43. The second-order valence-corrected chi connectivity index (χ2v) is 3.43. The Morgan fingerprint density at radius 1 is 1.47 bits per heavy atom. The van der Waals surface area contributed by atoms with Gasteiger partial charge in [0.2, 0.25) is 0 Å². The number of nitrogens with zero attached hydrogens (tertiary/aromatic N) is 1. The van der Waals surface area contributed by atoms with Crippen molar-refractivity contribution in [1.29, 1.82) is 0 Å². The molecule has 0 aliphatic carbocycles. The summed E-state index contributed by atoms with van der Waals surface area (Å²) in [4.78, 5) is 12.3. The molecular weight excluding hydrogens is 206 g/mol. The van der Waals surface area contributed by atoms with Gasteiger partial charge in [0.1, 0.15) is 12.1 Å². The molecule has 0 aromatic carbocycles. The lowest BCUT2D eigenvalue weighted by atomic mass is 10.1. The number of carboxylic acid groups (broad SMARTS) is 1. The van der Waals surface area contributed by atoms with Gasteiger partial charge >= 0.3 is 5.97 Å². The van der Waals surface area contributed by atoms with Crippen molar-refractivity contribution in [3.8, 4) is 0 Å². The van der Waals surface area contributed by atoms with E-state index in [1.165, 1.54) is 11.1 Å². The first-order chi connectivity index (χ1) is 7.11. The fourth-order valence-electron chi connectivity index (χ4n) is 1.88. The van der Waals surface area contributed by atoms with Gasteiger partial charge in [-0.15, -0.1) is 0 Å². The van der Waals surface area contributed by atoms with E-state index in [1.54, 1.807) is 18.2 Å². The minimum atomic E-state index is -2.70. The fraction of sp³-hybridized carbons (Fsp3) is 0.444. The summed E-state index contributed by atoms with van der Waals surface area (Å²) in [6.07, 6.45) is 3.34. The number of aliphatic carboxylic acids is 1. The summed E-state index contributed by atoms with van der Waals surface area (Å²) in [7, 11) is 0. The van der Waals surface area contributed by atoms with Crippen LogP contribution in [0.2, 0.25) is 0 Å². The molecule has 6 heteroatoms. The Kier molecular flexibility index (Phi) is 2.44. The van der Waals surface area contributed by atoms with Gasteiger partial charge in [0.15, 0.2) is 0 Å². The van der Waals surface area contributed by atoms with Crippen LogP contribution in [0.1, 0.15) is 0 Å². The number of fused-ring (bicyclic) bond motifs is 1. The molecule has 2 aliphatic heterocycles. The zero-order valence-electron chi connectivity index (χ0n) is 7.68. The van der Waals surface area contributed by atoms with Crippen molar-refractivity contribution in [1.82, 2.24) is 10.2 Å². The molecule has 0 aromatic rings. The summed E-state index contributed by atoms with van der Waals surface area (Å²) >= 11 is 0. The van der Waals surface area contributed by atoms with Crippen molar-refractivity contribution < 1.29 is 18.7 Å². The SMILES string of the molecule is O=C(O)C1C(C(F)F)NC2C=CC=CN21. The van der Waals surface area contributed by atoms with E-state index in [9.17, 15) is 13.6 Å². The number of carboxylic acids is 1. The maximum absolute atomic E-state index is 12.6. The number of carbonyl (C=O) groups is 1. The number of halogens is 2. The Morgan fingerprint density at radius 2 is 2.20 bits per heavy atom. The molecule has 0 saturated carbocycles. The molecule has 1 saturated heterocycles. The first-order valence-corrected chi connectivity index (χ1v) is 4.50. The van der Waals surface area contributed by atoms with Gasteiger partial charge in [0.25, 0.3) is 6.43 Å². The first-order valence-electron chi connectivity index (χ1n) is 4.50. The maximum atomic E-state index is 12.6. The summed E-state index contributed by atoms with van der Waals surface area (Å²) in [5, 5.41) is 11.5. The maximum Gasteiger partial charge on any atom is 0.328 e. The van der Waals surface area contributed by atoms with Crippen LogP contribution in [-0.4, -0.2) is 40.7 Å². The van der Waals surface area contributed by atoms with Gasteiger partial charge in [-0.2, -0.15) is 0 Å². The number of hydrogen-bond acceptors (Lipinski definition) is 3. The van der Waals surface area contributed by atoms with Crippen LogP contribution in [0.5, 0.6) is 0 Å². The van der Waals surface area contributed by atoms with E-state index >= 15 is 0 Å². The van der Waals surface area contributed by atoms with Crippen LogP contribution in [0, 0.1) is 0 Å². The topological polar surface area (TPSA) is 52.6 Å². The van der Waals surface area contributed by atoms with E-state index in [4.69, 9.17) is 5.11 Å². The van der Waals surface area contributed by atoms with Crippen molar-refractivity contribution in [2.45, 2.75) is 24.7 Å². The number of alkyl halides is 2. The predicted octanol–water partition coefficient (Wildman–Crippen LogP) is 0.388. The summed E-state index contributed by atoms with van der Waals surface area (Å²) in [5.74, 6) is -1.24. The second kappa shape index (κ2) is 3.62. The number of hydrogen-bond donors (Lipinski definition) is 2. The van der Waals surface area contributed by atoms with Gasteiger partial charge in [-0.1, -0.05) is 6.08 Å². The van der Waals surface area contributed by atoms with Crippen LogP contribution in [0.25, 0.3) is 0 Å². The van der Waals surface area contributed by atoms with Crippen molar-refractivity contribution in [2.24, 2.45) is 0 Å². The summed E-state index contributed by atoms with van der Waals surface area (Å²) in [5.41, 5.74) is 0. The number of nitrogens with one attached hydrogen (secondary N) is 1. The first kappa shape index (κ1) is 10.1. The van der Waals surface area contributed by atoms with Gasteiger partial charge in [0, 0.05) is 6.20 Å². The molecule has 2 N–H and O–H groups in total. The normalized spacial score (nSPS) is 33.5. The molecule has 15 heavy (non-hydrogen) atoms. The molecule has 0 amide bonds.